The molecule has 0 saturated heterocycles. The first-order chi connectivity index (χ1) is 16.7. The molecule has 1 unspecified atom stereocenters. The number of rotatable bonds is 10. The minimum atomic E-state index is -0.254. The highest BCUT2D eigenvalue weighted by Gasteiger charge is 2.17. The normalized spacial score (nSPS) is 12.1. The molecule has 0 fully saturated rings. The van der Waals surface area contributed by atoms with Crippen molar-refractivity contribution in [1.29, 1.82) is 0 Å². The summed E-state index contributed by atoms with van der Waals surface area (Å²) in [6.07, 6.45) is 4.14. The number of aryl methyl sites for hydroxylation is 1. The van der Waals surface area contributed by atoms with Crippen LogP contribution in [0.1, 0.15) is 30.8 Å². The zero-order chi connectivity index (χ0) is 23.8. The highest BCUT2D eigenvalue weighted by atomic mass is 16.5. The lowest BCUT2D eigenvalue weighted by atomic mass is 10.2. The topological polar surface area (TPSA) is 65.4 Å². The van der Waals surface area contributed by atoms with Crippen LogP contribution in [0, 0.1) is 0 Å². The number of hydrogen-bond donors (Lipinski definition) is 1. The molecule has 0 bridgehead atoms. The predicted molar refractivity (Wildman–Crippen MR) is 135 cm³/mol. The van der Waals surface area contributed by atoms with Gasteiger partial charge in [-0.05, 0) is 49.2 Å². The van der Waals surface area contributed by atoms with Crippen molar-refractivity contribution >= 4 is 23.0 Å². The van der Waals surface area contributed by atoms with E-state index < -0.39 is 0 Å². The third kappa shape index (κ3) is 5.64. The Balaban J connectivity index is 1.44. The van der Waals surface area contributed by atoms with E-state index in [2.05, 4.69) is 16.0 Å². The molecular weight excluding hydrogens is 426 g/mol. The Morgan fingerprint density at radius 1 is 1.00 bits per heavy atom. The number of nitrogens with zero attached hydrogens (tertiary/aromatic N) is 2. The fourth-order valence-electron chi connectivity index (χ4n) is 3.86. The lowest BCUT2D eigenvalue weighted by Crippen LogP contribution is -2.27. The Morgan fingerprint density at radius 3 is 2.50 bits per heavy atom. The molecule has 0 saturated carbocycles. The minimum Gasteiger partial charge on any atom is -0.493 e. The van der Waals surface area contributed by atoms with Crippen LogP contribution in [0.2, 0.25) is 0 Å². The molecule has 3 aromatic carbocycles. The third-order valence-corrected chi connectivity index (χ3v) is 5.51. The number of hydrogen-bond acceptors (Lipinski definition) is 4. The number of aromatic nitrogens is 2. The largest absolute Gasteiger partial charge is 0.493 e. The van der Waals surface area contributed by atoms with Gasteiger partial charge in [0, 0.05) is 12.6 Å². The summed E-state index contributed by atoms with van der Waals surface area (Å²) in [4.78, 5) is 17.3. The summed E-state index contributed by atoms with van der Waals surface area (Å²) < 4.78 is 13.5. The van der Waals surface area contributed by atoms with E-state index in [1.54, 1.807) is 19.3 Å². The Hall–Kier alpha value is -4.06. The van der Waals surface area contributed by atoms with Crippen LogP contribution in [0.25, 0.3) is 17.1 Å². The van der Waals surface area contributed by atoms with Crippen molar-refractivity contribution in [1.82, 2.24) is 14.9 Å². The molecule has 34 heavy (non-hydrogen) atoms. The number of para-hydroxylation sites is 4. The lowest BCUT2D eigenvalue weighted by Gasteiger charge is -2.16. The van der Waals surface area contributed by atoms with Crippen LogP contribution >= 0.6 is 0 Å². The van der Waals surface area contributed by atoms with Crippen LogP contribution in [-0.2, 0) is 11.3 Å². The summed E-state index contributed by atoms with van der Waals surface area (Å²) in [6, 6.07) is 25.1. The van der Waals surface area contributed by atoms with Gasteiger partial charge in [0.15, 0.2) is 11.5 Å². The van der Waals surface area contributed by atoms with Crippen molar-refractivity contribution in [3.8, 4) is 11.5 Å². The van der Waals surface area contributed by atoms with E-state index in [0.717, 1.165) is 40.3 Å². The quantitative estimate of drug-likeness (QED) is 0.257. The molecule has 1 N–H and O–H groups in total. The fraction of sp³-hybridized carbons (Fsp3) is 0.214. The van der Waals surface area contributed by atoms with Crippen LogP contribution in [0.3, 0.4) is 0 Å². The second-order valence-corrected chi connectivity index (χ2v) is 7.94. The van der Waals surface area contributed by atoms with Gasteiger partial charge in [-0.2, -0.15) is 0 Å². The molecule has 1 aromatic heterocycles. The van der Waals surface area contributed by atoms with Crippen LogP contribution in [0.4, 0.5) is 0 Å². The maximum absolute atomic E-state index is 12.5. The molecule has 6 nitrogen and oxygen atoms in total. The van der Waals surface area contributed by atoms with Crippen LogP contribution < -0.4 is 14.8 Å². The first kappa shape index (κ1) is 23.1. The van der Waals surface area contributed by atoms with Crippen molar-refractivity contribution in [3.63, 3.8) is 0 Å². The van der Waals surface area contributed by atoms with Gasteiger partial charge >= 0.3 is 0 Å². The predicted octanol–water partition coefficient (Wildman–Crippen LogP) is 5.40. The van der Waals surface area contributed by atoms with Crippen LogP contribution in [0.15, 0.2) is 84.9 Å². The smallest absolute Gasteiger partial charge is 0.244 e. The molecule has 0 aliphatic rings. The highest BCUT2D eigenvalue weighted by Crippen LogP contribution is 2.26. The van der Waals surface area contributed by atoms with Crippen LogP contribution in [-0.4, -0.2) is 29.2 Å². The van der Waals surface area contributed by atoms with E-state index in [-0.39, 0.29) is 11.9 Å². The summed E-state index contributed by atoms with van der Waals surface area (Å²) in [7, 11) is 1.64. The lowest BCUT2D eigenvalue weighted by molar-refractivity contribution is -0.117. The number of benzene rings is 3. The van der Waals surface area contributed by atoms with Gasteiger partial charge in [-0.15, -0.1) is 0 Å². The molecule has 0 radical (unpaired) electrons. The van der Waals surface area contributed by atoms with Gasteiger partial charge in [0.2, 0.25) is 5.91 Å². The van der Waals surface area contributed by atoms with Gasteiger partial charge in [-0.3, -0.25) is 4.79 Å². The Bertz CT molecular complexity index is 1260. The number of methoxy groups -OCH3 is 1. The average molecular weight is 456 g/mol. The number of amides is 1. The van der Waals surface area contributed by atoms with Gasteiger partial charge in [-0.1, -0.05) is 54.6 Å². The van der Waals surface area contributed by atoms with Gasteiger partial charge in [0.25, 0.3) is 0 Å². The second kappa shape index (κ2) is 11.2. The van der Waals surface area contributed by atoms with E-state index >= 15 is 0 Å². The van der Waals surface area contributed by atoms with Crippen molar-refractivity contribution < 1.29 is 14.3 Å². The van der Waals surface area contributed by atoms with E-state index in [0.29, 0.717) is 13.2 Å². The van der Waals surface area contributed by atoms with Crippen LogP contribution in [0.5, 0.6) is 11.5 Å². The van der Waals surface area contributed by atoms with Crippen molar-refractivity contribution in [2.24, 2.45) is 0 Å². The Kier molecular flexibility index (Phi) is 7.60. The van der Waals surface area contributed by atoms with Crippen molar-refractivity contribution in [3.05, 3.63) is 96.3 Å². The van der Waals surface area contributed by atoms with Gasteiger partial charge < -0.3 is 19.4 Å². The van der Waals surface area contributed by atoms with E-state index in [9.17, 15) is 4.79 Å². The molecule has 0 spiro atoms. The number of carbonyl (C=O) groups excluding carboxylic acids is 1. The molecule has 4 rings (SSSR count). The van der Waals surface area contributed by atoms with Crippen molar-refractivity contribution in [2.45, 2.75) is 25.9 Å². The highest BCUT2D eigenvalue weighted by molar-refractivity contribution is 5.92. The molecule has 1 heterocycles. The van der Waals surface area contributed by atoms with Gasteiger partial charge in [0.05, 0.1) is 30.8 Å². The number of carbonyl (C=O) groups is 1. The zero-order valence-corrected chi connectivity index (χ0v) is 19.5. The molecule has 1 atom stereocenters. The molecule has 0 aliphatic heterocycles. The van der Waals surface area contributed by atoms with Gasteiger partial charge in [0.1, 0.15) is 5.82 Å². The molecule has 1 amide bonds. The summed E-state index contributed by atoms with van der Waals surface area (Å²) in [5, 5.41) is 3.04. The Labute approximate surface area is 199 Å². The second-order valence-electron chi connectivity index (χ2n) is 7.94. The number of nitrogens with one attached hydrogen (secondary N) is 1. The van der Waals surface area contributed by atoms with E-state index in [4.69, 9.17) is 14.5 Å². The fourth-order valence-corrected chi connectivity index (χ4v) is 3.86. The van der Waals surface area contributed by atoms with E-state index in [1.165, 1.54) is 0 Å². The summed E-state index contributed by atoms with van der Waals surface area (Å²) in [5.41, 5.74) is 2.92. The summed E-state index contributed by atoms with van der Waals surface area (Å²) >= 11 is 0. The number of ether oxygens (including phenoxy) is 2. The molecule has 174 valence electrons. The van der Waals surface area contributed by atoms with Gasteiger partial charge in [-0.25, -0.2) is 4.98 Å². The first-order valence-electron chi connectivity index (χ1n) is 11.4. The first-order valence-corrected chi connectivity index (χ1v) is 11.4. The average Bonchev–Trinajstić information content (AvgIpc) is 3.25. The minimum absolute atomic E-state index is 0.158. The number of fused-ring (bicyclic) bond motifs is 1. The molecule has 4 aromatic rings. The van der Waals surface area contributed by atoms with Crippen molar-refractivity contribution in [2.75, 3.05) is 13.7 Å². The summed E-state index contributed by atoms with van der Waals surface area (Å²) in [6.45, 7) is 3.20. The monoisotopic (exact) mass is 455 g/mol. The molecule has 6 heteroatoms. The SMILES string of the molecule is COc1ccccc1OCCCn1c(C(C)NC(=O)/C=C\c2ccccc2)nc2ccccc21. The maximum atomic E-state index is 12.5. The Morgan fingerprint density at radius 2 is 1.71 bits per heavy atom. The summed E-state index contributed by atoms with van der Waals surface area (Å²) in [5.74, 6) is 2.11. The molecular formula is C28H29N3O3. The van der Waals surface area contributed by atoms with E-state index in [1.807, 2.05) is 79.7 Å². The maximum Gasteiger partial charge on any atom is 0.244 e. The zero-order valence-electron chi connectivity index (χ0n) is 19.5. The molecule has 0 aliphatic carbocycles. The number of imidazole rings is 1. The third-order valence-electron chi connectivity index (χ3n) is 5.51. The standard InChI is InChI=1S/C28H29N3O3/c1-21(29-27(32)18-17-22-11-4-3-5-12-22)28-30-23-13-6-7-14-24(23)31(28)19-10-20-34-26-16-9-8-15-25(26)33-2/h3-9,11-18,21H,10,19-20H2,1-2H3,(H,29,32)/b18-17-.